The summed E-state index contributed by atoms with van der Waals surface area (Å²) in [6, 6.07) is 7.60. The number of methoxy groups -OCH3 is 1. The summed E-state index contributed by atoms with van der Waals surface area (Å²) in [7, 11) is 1.51. The van der Waals surface area contributed by atoms with Crippen LogP contribution in [-0.4, -0.2) is 112 Å². The lowest BCUT2D eigenvalue weighted by atomic mass is 9.98. The van der Waals surface area contributed by atoms with Gasteiger partial charge in [0.1, 0.15) is 6.04 Å². The molecule has 44 heavy (non-hydrogen) atoms. The molecule has 2 N–H and O–H groups in total. The van der Waals surface area contributed by atoms with Gasteiger partial charge in [-0.15, -0.1) is 0 Å². The molecule has 0 bridgehead atoms. The van der Waals surface area contributed by atoms with Crippen molar-refractivity contribution < 1.29 is 19.1 Å². The Morgan fingerprint density at radius 1 is 0.932 bits per heavy atom. The number of hydrogen-bond donors (Lipinski definition) is 2. The number of fused-ring (bicyclic) bond motifs is 1. The molecule has 5 amide bonds. The van der Waals surface area contributed by atoms with Crippen molar-refractivity contribution in [3.05, 3.63) is 47.8 Å². The molecule has 5 heterocycles. The normalized spacial score (nSPS) is 20.9. The number of para-hydroxylation sites is 1. The molecule has 3 saturated heterocycles. The maximum atomic E-state index is 13.9. The third-order valence-electron chi connectivity index (χ3n) is 9.64. The molecule has 12 nitrogen and oxygen atoms in total. The lowest BCUT2D eigenvalue weighted by molar-refractivity contribution is -0.134. The van der Waals surface area contributed by atoms with Gasteiger partial charge in [0.2, 0.25) is 5.91 Å². The molecule has 1 aromatic carbocycles. The summed E-state index contributed by atoms with van der Waals surface area (Å²) >= 11 is 0. The number of amides is 5. The van der Waals surface area contributed by atoms with Crippen LogP contribution in [-0.2, 0) is 17.8 Å². The quantitative estimate of drug-likeness (QED) is 0.498. The summed E-state index contributed by atoms with van der Waals surface area (Å²) in [4.78, 5) is 56.8. The van der Waals surface area contributed by atoms with Gasteiger partial charge >= 0.3 is 18.1 Å². The lowest BCUT2D eigenvalue weighted by Crippen LogP contribution is -2.57. The van der Waals surface area contributed by atoms with Crippen molar-refractivity contribution >= 4 is 23.7 Å². The van der Waals surface area contributed by atoms with Crippen molar-refractivity contribution in [1.29, 1.82) is 0 Å². The Balaban J connectivity index is 1.07. The third kappa shape index (κ3) is 6.90. The zero-order valence-electron chi connectivity index (χ0n) is 25.6. The highest BCUT2D eigenvalue weighted by Crippen LogP contribution is 2.28. The van der Waals surface area contributed by atoms with E-state index in [1.807, 2.05) is 34.1 Å². The van der Waals surface area contributed by atoms with Gasteiger partial charge in [0.05, 0.1) is 7.11 Å². The largest absolute Gasteiger partial charge is 0.467 e. The minimum Gasteiger partial charge on any atom is -0.467 e. The first kappa shape index (κ1) is 30.1. The third-order valence-corrected chi connectivity index (χ3v) is 9.64. The number of anilines is 1. The van der Waals surface area contributed by atoms with Gasteiger partial charge in [-0.1, -0.05) is 24.6 Å². The van der Waals surface area contributed by atoms with Crippen LogP contribution < -0.4 is 15.4 Å². The van der Waals surface area contributed by atoms with Gasteiger partial charge in [-0.05, 0) is 68.8 Å². The van der Waals surface area contributed by atoms with E-state index < -0.39 is 6.04 Å². The van der Waals surface area contributed by atoms with Gasteiger partial charge in [-0.25, -0.2) is 19.6 Å². The van der Waals surface area contributed by atoms with Crippen LogP contribution in [0.3, 0.4) is 0 Å². The monoisotopic (exact) mass is 604 g/mol. The molecule has 1 atom stereocenters. The van der Waals surface area contributed by atoms with Gasteiger partial charge in [0.25, 0.3) is 0 Å². The Labute approximate surface area is 259 Å². The van der Waals surface area contributed by atoms with Crippen molar-refractivity contribution in [3.8, 4) is 6.01 Å². The number of carbonyl (C=O) groups excluding carboxylic acids is 3. The number of urea groups is 2. The summed E-state index contributed by atoms with van der Waals surface area (Å²) in [6.07, 6.45) is 10.7. The molecular formula is C32H44N8O4. The van der Waals surface area contributed by atoms with E-state index in [0.717, 1.165) is 42.7 Å². The zero-order chi connectivity index (χ0) is 30.5. The van der Waals surface area contributed by atoms with E-state index in [1.54, 1.807) is 17.3 Å². The van der Waals surface area contributed by atoms with Crippen LogP contribution in [0.4, 0.5) is 15.3 Å². The van der Waals surface area contributed by atoms with E-state index in [1.165, 1.54) is 26.4 Å². The van der Waals surface area contributed by atoms with E-state index in [0.29, 0.717) is 58.0 Å². The van der Waals surface area contributed by atoms with Crippen LogP contribution in [0.15, 0.2) is 36.7 Å². The minimum atomic E-state index is -0.729. The molecule has 0 saturated carbocycles. The van der Waals surface area contributed by atoms with Crippen molar-refractivity contribution in [3.63, 3.8) is 0 Å². The van der Waals surface area contributed by atoms with Gasteiger partial charge in [-0.2, -0.15) is 0 Å². The number of likely N-dealkylation sites (tertiary alicyclic amines) is 3. The molecule has 3 fully saturated rings. The molecule has 1 unspecified atom stereocenters. The number of ether oxygens (including phenoxy) is 1. The standard InChI is InChI=1S/C32H44N8O4/c1-44-30-33-20-23(21-34-30)19-28(29(41)38-15-9-25(10-16-38)37-13-5-2-6-14-37)36-31(42)39-17-11-26(12-18-39)40-22-24-7-3-4-8-27(24)35-32(40)43/h3-4,7-8,20-21,25-26,28H,2,5-6,9-19,22H2,1H3,(H,35,43)(H,36,42). The number of piperidine rings is 3. The van der Waals surface area contributed by atoms with Gasteiger partial charge in [0.15, 0.2) is 0 Å². The first-order valence-corrected chi connectivity index (χ1v) is 16.1. The van der Waals surface area contributed by atoms with Crippen LogP contribution in [0.2, 0.25) is 0 Å². The smallest absolute Gasteiger partial charge is 0.322 e. The lowest BCUT2D eigenvalue weighted by Gasteiger charge is -2.42. The number of nitrogens with zero attached hydrogens (tertiary/aromatic N) is 6. The Bertz CT molecular complexity index is 1300. The summed E-state index contributed by atoms with van der Waals surface area (Å²) in [5, 5.41) is 6.05. The average molecular weight is 605 g/mol. The molecule has 0 spiro atoms. The van der Waals surface area contributed by atoms with Gasteiger partial charge < -0.3 is 35.0 Å². The highest BCUT2D eigenvalue weighted by Gasteiger charge is 2.35. The van der Waals surface area contributed by atoms with Crippen LogP contribution >= 0.6 is 0 Å². The van der Waals surface area contributed by atoms with Crippen LogP contribution in [0, 0.1) is 0 Å². The highest BCUT2D eigenvalue weighted by molar-refractivity contribution is 5.92. The van der Waals surface area contributed by atoms with Crippen LogP contribution in [0.1, 0.15) is 56.1 Å². The molecule has 2 aromatic rings. The fraction of sp³-hybridized carbons (Fsp3) is 0.594. The minimum absolute atomic E-state index is 0.0440. The van der Waals surface area contributed by atoms with Gasteiger partial charge in [-0.3, -0.25) is 4.79 Å². The number of rotatable bonds is 7. The highest BCUT2D eigenvalue weighted by atomic mass is 16.5. The first-order chi connectivity index (χ1) is 21.5. The molecule has 1 aromatic heterocycles. The van der Waals surface area contributed by atoms with Gasteiger partial charge in [0, 0.05) is 69.3 Å². The number of benzene rings is 1. The molecule has 6 rings (SSSR count). The second-order valence-electron chi connectivity index (χ2n) is 12.4. The summed E-state index contributed by atoms with van der Waals surface area (Å²) in [6.45, 7) is 5.28. The number of aromatic nitrogens is 2. The van der Waals surface area contributed by atoms with E-state index in [2.05, 4.69) is 25.5 Å². The first-order valence-electron chi connectivity index (χ1n) is 16.1. The Morgan fingerprint density at radius 3 is 2.30 bits per heavy atom. The molecule has 4 aliphatic heterocycles. The average Bonchev–Trinajstić information content (AvgIpc) is 3.08. The van der Waals surface area contributed by atoms with Crippen molar-refractivity contribution in [2.45, 2.75) is 76.0 Å². The number of nitrogens with one attached hydrogen (secondary N) is 2. The fourth-order valence-electron chi connectivity index (χ4n) is 7.08. The summed E-state index contributed by atoms with van der Waals surface area (Å²) in [5.41, 5.74) is 2.71. The van der Waals surface area contributed by atoms with Crippen molar-refractivity contribution in [2.24, 2.45) is 0 Å². The fourth-order valence-corrected chi connectivity index (χ4v) is 7.08. The predicted octanol–water partition coefficient (Wildman–Crippen LogP) is 3.09. The Kier molecular flexibility index (Phi) is 9.44. The number of carbonyl (C=O) groups is 3. The van der Waals surface area contributed by atoms with Crippen molar-refractivity contribution in [1.82, 2.24) is 34.9 Å². The molecule has 12 heteroatoms. The molecular weight excluding hydrogens is 560 g/mol. The molecule has 0 radical (unpaired) electrons. The second-order valence-corrected chi connectivity index (χ2v) is 12.4. The summed E-state index contributed by atoms with van der Waals surface area (Å²) < 4.78 is 5.09. The number of hydrogen-bond acceptors (Lipinski definition) is 7. The van der Waals surface area contributed by atoms with E-state index in [9.17, 15) is 14.4 Å². The Morgan fingerprint density at radius 2 is 1.59 bits per heavy atom. The van der Waals surface area contributed by atoms with Crippen molar-refractivity contribution in [2.75, 3.05) is 51.7 Å². The maximum Gasteiger partial charge on any atom is 0.322 e. The maximum absolute atomic E-state index is 13.9. The van der Waals surface area contributed by atoms with E-state index in [4.69, 9.17) is 4.74 Å². The topological polar surface area (TPSA) is 123 Å². The van der Waals surface area contributed by atoms with E-state index in [-0.39, 0.29) is 30.0 Å². The molecule has 236 valence electrons. The molecule has 4 aliphatic rings. The predicted molar refractivity (Wildman–Crippen MR) is 165 cm³/mol. The molecule has 0 aliphatic carbocycles. The summed E-state index contributed by atoms with van der Waals surface area (Å²) in [5.74, 6) is -0.0650. The van der Waals surface area contributed by atoms with Crippen LogP contribution in [0.25, 0.3) is 0 Å². The second kappa shape index (κ2) is 13.8. The van der Waals surface area contributed by atoms with Crippen LogP contribution in [0.5, 0.6) is 6.01 Å². The van der Waals surface area contributed by atoms with E-state index >= 15 is 0 Å². The SMILES string of the molecule is COc1ncc(CC(NC(=O)N2CCC(N3Cc4ccccc4NC3=O)CC2)C(=O)N2CCC(N3CCCCC3)CC2)cn1. The Hall–Kier alpha value is -3.93. The zero-order valence-corrected chi connectivity index (χ0v) is 25.6.